The van der Waals surface area contributed by atoms with Crippen LogP contribution in [0.25, 0.3) is 0 Å². The van der Waals surface area contributed by atoms with E-state index in [0.717, 1.165) is 19.6 Å². The maximum atomic E-state index is 5.52. The Kier molecular flexibility index (Phi) is 19.4. The molecule has 0 rings (SSSR count). The van der Waals surface area contributed by atoms with E-state index >= 15 is 0 Å². The SMILES string of the molecule is CCCCCCC(Cl)Cl.CCOCC. The highest BCUT2D eigenvalue weighted by molar-refractivity contribution is 6.44. The summed E-state index contributed by atoms with van der Waals surface area (Å²) in [6.07, 6.45) is 5.97. The molecule has 0 aliphatic heterocycles. The zero-order chi connectivity index (χ0) is 11.2. The molecular formula is C11H24Cl2O. The maximum absolute atomic E-state index is 5.52. The summed E-state index contributed by atoms with van der Waals surface area (Å²) in [6, 6.07) is 0. The molecule has 0 spiro atoms. The second kappa shape index (κ2) is 16.0. The summed E-state index contributed by atoms with van der Waals surface area (Å²) in [5, 5.41) is 0. The van der Waals surface area contributed by atoms with Crippen LogP contribution in [0.2, 0.25) is 0 Å². The average molecular weight is 243 g/mol. The molecule has 0 aliphatic rings. The van der Waals surface area contributed by atoms with Crippen molar-refractivity contribution in [3.8, 4) is 0 Å². The van der Waals surface area contributed by atoms with E-state index in [-0.39, 0.29) is 4.84 Å². The van der Waals surface area contributed by atoms with Gasteiger partial charge in [0.1, 0.15) is 4.84 Å². The van der Waals surface area contributed by atoms with E-state index in [1.807, 2.05) is 13.8 Å². The number of rotatable bonds is 7. The monoisotopic (exact) mass is 242 g/mol. The van der Waals surface area contributed by atoms with Crippen molar-refractivity contribution in [2.45, 2.75) is 57.7 Å². The largest absolute Gasteiger partial charge is 0.382 e. The summed E-state index contributed by atoms with van der Waals surface area (Å²) in [4.78, 5) is -0.151. The standard InChI is InChI=1S/C7H14Cl2.C4H10O/c1-2-3-4-5-6-7(8)9;1-3-5-4-2/h7H,2-6H2,1H3;3-4H2,1-2H3. The maximum Gasteiger partial charge on any atom is 0.107 e. The van der Waals surface area contributed by atoms with E-state index in [4.69, 9.17) is 27.9 Å². The van der Waals surface area contributed by atoms with E-state index in [2.05, 4.69) is 6.92 Å². The van der Waals surface area contributed by atoms with Crippen molar-refractivity contribution in [2.24, 2.45) is 0 Å². The first-order valence-electron chi connectivity index (χ1n) is 5.54. The lowest BCUT2D eigenvalue weighted by Gasteiger charge is -1.98. The van der Waals surface area contributed by atoms with Gasteiger partial charge in [0, 0.05) is 13.2 Å². The second-order valence-corrected chi connectivity index (χ2v) is 4.30. The molecule has 1 nitrogen and oxygen atoms in total. The minimum atomic E-state index is -0.151. The van der Waals surface area contributed by atoms with Gasteiger partial charge >= 0.3 is 0 Å². The summed E-state index contributed by atoms with van der Waals surface area (Å²) in [7, 11) is 0. The third-order valence-corrected chi connectivity index (χ3v) is 2.12. The van der Waals surface area contributed by atoms with Gasteiger partial charge in [0.25, 0.3) is 0 Å². The van der Waals surface area contributed by atoms with Crippen LogP contribution in [0, 0.1) is 0 Å². The van der Waals surface area contributed by atoms with Gasteiger partial charge in [-0.2, -0.15) is 0 Å². The predicted molar refractivity (Wildman–Crippen MR) is 66.4 cm³/mol. The fraction of sp³-hybridized carbons (Fsp3) is 1.00. The average Bonchev–Trinajstić information content (AvgIpc) is 2.15. The molecule has 0 saturated heterocycles. The molecule has 0 saturated carbocycles. The Morgan fingerprint density at radius 3 is 1.79 bits per heavy atom. The quantitative estimate of drug-likeness (QED) is 0.461. The van der Waals surface area contributed by atoms with Crippen LogP contribution in [0.3, 0.4) is 0 Å². The van der Waals surface area contributed by atoms with Crippen molar-refractivity contribution in [1.29, 1.82) is 0 Å². The number of halogens is 2. The second-order valence-electron chi connectivity index (χ2n) is 3.02. The van der Waals surface area contributed by atoms with Gasteiger partial charge in [-0.3, -0.25) is 0 Å². The van der Waals surface area contributed by atoms with Crippen LogP contribution < -0.4 is 0 Å². The zero-order valence-corrected chi connectivity index (χ0v) is 11.2. The molecular weight excluding hydrogens is 219 g/mol. The molecule has 0 aromatic carbocycles. The van der Waals surface area contributed by atoms with Crippen molar-refractivity contribution in [3.63, 3.8) is 0 Å². The molecule has 14 heavy (non-hydrogen) atoms. The molecule has 0 radical (unpaired) electrons. The lowest BCUT2D eigenvalue weighted by Crippen LogP contribution is -1.85. The Morgan fingerprint density at radius 1 is 0.929 bits per heavy atom. The van der Waals surface area contributed by atoms with Gasteiger partial charge in [0.2, 0.25) is 0 Å². The summed E-state index contributed by atoms with van der Waals surface area (Å²) in [5.74, 6) is 0. The highest BCUT2D eigenvalue weighted by atomic mass is 35.5. The normalized spacial score (nSPS) is 9.86. The van der Waals surface area contributed by atoms with Gasteiger partial charge in [-0.1, -0.05) is 32.6 Å². The fourth-order valence-corrected chi connectivity index (χ4v) is 1.24. The highest BCUT2D eigenvalue weighted by Gasteiger charge is 1.96. The van der Waals surface area contributed by atoms with Gasteiger partial charge < -0.3 is 4.74 Å². The number of unbranched alkanes of at least 4 members (excludes halogenated alkanes) is 3. The van der Waals surface area contributed by atoms with Crippen molar-refractivity contribution in [1.82, 2.24) is 0 Å². The Labute approximate surface area is 99.1 Å². The zero-order valence-electron chi connectivity index (χ0n) is 9.69. The summed E-state index contributed by atoms with van der Waals surface area (Å²) in [5.41, 5.74) is 0. The first-order chi connectivity index (χ1) is 6.68. The van der Waals surface area contributed by atoms with Crippen LogP contribution in [0.5, 0.6) is 0 Å². The first kappa shape index (κ1) is 17.0. The molecule has 0 unspecified atom stereocenters. The van der Waals surface area contributed by atoms with E-state index < -0.39 is 0 Å². The smallest absolute Gasteiger partial charge is 0.107 e. The number of alkyl halides is 2. The Balaban J connectivity index is 0. The lowest BCUT2D eigenvalue weighted by molar-refractivity contribution is 0.162. The van der Waals surface area contributed by atoms with Crippen LogP contribution in [0.15, 0.2) is 0 Å². The Morgan fingerprint density at radius 2 is 1.50 bits per heavy atom. The molecule has 0 bridgehead atoms. The number of hydrogen-bond donors (Lipinski definition) is 0. The molecule has 0 aliphatic carbocycles. The number of ether oxygens (including phenoxy) is 1. The minimum Gasteiger partial charge on any atom is -0.382 e. The van der Waals surface area contributed by atoms with E-state index in [9.17, 15) is 0 Å². The molecule has 0 N–H and O–H groups in total. The predicted octanol–water partition coefficient (Wildman–Crippen LogP) is 4.80. The molecule has 0 heterocycles. The molecule has 0 fully saturated rings. The van der Waals surface area contributed by atoms with Crippen LogP contribution in [0.4, 0.5) is 0 Å². The summed E-state index contributed by atoms with van der Waals surface area (Å²) in [6.45, 7) is 7.86. The Bertz CT molecular complexity index is 85.4. The van der Waals surface area contributed by atoms with Crippen molar-refractivity contribution in [3.05, 3.63) is 0 Å². The van der Waals surface area contributed by atoms with Gasteiger partial charge in [-0.05, 0) is 20.3 Å². The fourth-order valence-electron chi connectivity index (χ4n) is 0.930. The van der Waals surface area contributed by atoms with Crippen LogP contribution in [-0.4, -0.2) is 18.1 Å². The van der Waals surface area contributed by atoms with Gasteiger partial charge in [0.15, 0.2) is 0 Å². The molecule has 0 atom stereocenters. The lowest BCUT2D eigenvalue weighted by atomic mass is 10.2. The molecule has 0 aromatic rings. The molecule has 3 heteroatoms. The molecule has 0 aromatic heterocycles. The van der Waals surface area contributed by atoms with Crippen molar-refractivity contribution < 1.29 is 4.74 Å². The van der Waals surface area contributed by atoms with Crippen molar-refractivity contribution >= 4 is 23.2 Å². The summed E-state index contributed by atoms with van der Waals surface area (Å²) < 4.78 is 4.83. The van der Waals surface area contributed by atoms with Gasteiger partial charge in [-0.25, -0.2) is 0 Å². The van der Waals surface area contributed by atoms with Crippen LogP contribution in [-0.2, 0) is 4.74 Å². The third kappa shape index (κ3) is 22.9. The van der Waals surface area contributed by atoms with Crippen LogP contribution >= 0.6 is 23.2 Å². The highest BCUT2D eigenvalue weighted by Crippen LogP contribution is 2.12. The van der Waals surface area contributed by atoms with E-state index in [1.54, 1.807) is 0 Å². The van der Waals surface area contributed by atoms with E-state index in [1.165, 1.54) is 25.7 Å². The third-order valence-electron chi connectivity index (χ3n) is 1.68. The molecule has 0 amide bonds. The van der Waals surface area contributed by atoms with Gasteiger partial charge in [0.05, 0.1) is 0 Å². The number of hydrogen-bond acceptors (Lipinski definition) is 1. The first-order valence-corrected chi connectivity index (χ1v) is 6.42. The van der Waals surface area contributed by atoms with Crippen molar-refractivity contribution in [2.75, 3.05) is 13.2 Å². The molecule has 88 valence electrons. The minimum absolute atomic E-state index is 0.151. The van der Waals surface area contributed by atoms with Gasteiger partial charge in [-0.15, -0.1) is 23.2 Å². The topological polar surface area (TPSA) is 9.23 Å². The summed E-state index contributed by atoms with van der Waals surface area (Å²) >= 11 is 11.0. The van der Waals surface area contributed by atoms with Crippen LogP contribution in [0.1, 0.15) is 52.9 Å². The van der Waals surface area contributed by atoms with E-state index in [0.29, 0.717) is 0 Å². The Hall–Kier alpha value is 0.540.